The van der Waals surface area contributed by atoms with Crippen LogP contribution in [0.25, 0.3) is 0 Å². The maximum absolute atomic E-state index is 13.5. The third-order valence-corrected chi connectivity index (χ3v) is 4.78. The molecule has 3 aromatic carbocycles. The van der Waals surface area contributed by atoms with Gasteiger partial charge in [0.2, 0.25) is 11.8 Å². The molecule has 0 bridgehead atoms. The predicted octanol–water partition coefficient (Wildman–Crippen LogP) is 3.94. The molecule has 3 aromatic rings. The molecule has 0 unspecified atom stereocenters. The van der Waals surface area contributed by atoms with Crippen LogP contribution in [0.15, 0.2) is 91.0 Å². The minimum atomic E-state index is -0.977. The van der Waals surface area contributed by atoms with Crippen LogP contribution in [0.3, 0.4) is 0 Å². The Labute approximate surface area is 146 Å². The van der Waals surface area contributed by atoms with Gasteiger partial charge >= 0.3 is 0 Å². The maximum atomic E-state index is 13.5. The lowest BCUT2D eigenvalue weighted by Gasteiger charge is -2.28. The van der Waals surface area contributed by atoms with Gasteiger partial charge in [-0.15, -0.1) is 0 Å². The van der Waals surface area contributed by atoms with Gasteiger partial charge in [-0.2, -0.15) is 0 Å². The number of hydrogen-bond acceptors (Lipinski definition) is 2. The van der Waals surface area contributed by atoms with Gasteiger partial charge in [0.15, 0.2) is 0 Å². The van der Waals surface area contributed by atoms with Crippen molar-refractivity contribution in [3.05, 3.63) is 102 Å². The molecule has 0 N–H and O–H groups in total. The fourth-order valence-electron chi connectivity index (χ4n) is 3.59. The van der Waals surface area contributed by atoms with Gasteiger partial charge in [0.05, 0.1) is 12.1 Å². The van der Waals surface area contributed by atoms with Crippen molar-refractivity contribution in [2.45, 2.75) is 11.8 Å². The van der Waals surface area contributed by atoms with E-state index >= 15 is 0 Å². The monoisotopic (exact) mass is 327 g/mol. The van der Waals surface area contributed by atoms with Crippen molar-refractivity contribution in [1.29, 1.82) is 0 Å². The fourth-order valence-corrected chi connectivity index (χ4v) is 3.59. The topological polar surface area (TPSA) is 37.4 Å². The summed E-state index contributed by atoms with van der Waals surface area (Å²) < 4.78 is 0. The van der Waals surface area contributed by atoms with E-state index in [1.54, 1.807) is 12.1 Å². The molecule has 1 aliphatic rings. The first-order valence-corrected chi connectivity index (χ1v) is 8.27. The zero-order valence-corrected chi connectivity index (χ0v) is 13.6. The van der Waals surface area contributed by atoms with Crippen molar-refractivity contribution < 1.29 is 9.59 Å². The largest absolute Gasteiger partial charge is 0.274 e. The summed E-state index contributed by atoms with van der Waals surface area (Å²) in [5.74, 6) is -0.370. The zero-order valence-electron chi connectivity index (χ0n) is 13.6. The van der Waals surface area contributed by atoms with Gasteiger partial charge in [0.25, 0.3) is 0 Å². The SMILES string of the molecule is O=C1CC(c2ccccc2)(c2ccccc2)C(=O)N1c1ccccc1. The van der Waals surface area contributed by atoms with E-state index in [9.17, 15) is 9.59 Å². The highest BCUT2D eigenvalue weighted by Gasteiger charge is 2.54. The van der Waals surface area contributed by atoms with E-state index in [0.29, 0.717) is 5.69 Å². The van der Waals surface area contributed by atoms with Crippen LogP contribution in [-0.2, 0) is 15.0 Å². The molecule has 0 spiro atoms. The van der Waals surface area contributed by atoms with Crippen LogP contribution in [0, 0.1) is 0 Å². The van der Waals surface area contributed by atoms with Crippen molar-refractivity contribution in [1.82, 2.24) is 0 Å². The standard InChI is InChI=1S/C22H17NO2/c24-20-16-22(17-10-4-1-5-11-17,18-12-6-2-7-13-18)21(25)23(20)19-14-8-3-9-15-19/h1-15H,16H2. The van der Waals surface area contributed by atoms with Crippen molar-refractivity contribution >= 4 is 17.5 Å². The summed E-state index contributed by atoms with van der Waals surface area (Å²) in [7, 11) is 0. The Bertz CT molecular complexity index is 865. The molecule has 1 fully saturated rings. The Morgan fingerprint density at radius 3 is 1.56 bits per heavy atom. The highest BCUT2D eigenvalue weighted by Crippen LogP contribution is 2.43. The van der Waals surface area contributed by atoms with E-state index in [2.05, 4.69) is 0 Å². The molecule has 2 amide bonds. The number of anilines is 1. The molecule has 1 heterocycles. The minimum Gasteiger partial charge on any atom is -0.274 e. The van der Waals surface area contributed by atoms with Crippen molar-refractivity contribution in [3.63, 3.8) is 0 Å². The number of amides is 2. The maximum Gasteiger partial charge on any atom is 0.249 e. The molecular formula is C22H17NO2. The van der Waals surface area contributed by atoms with E-state index < -0.39 is 5.41 Å². The normalized spacial score (nSPS) is 16.2. The second kappa shape index (κ2) is 6.02. The summed E-state index contributed by atoms with van der Waals surface area (Å²) in [5, 5.41) is 0. The first kappa shape index (κ1) is 15.3. The molecule has 0 aromatic heterocycles. The second-order valence-corrected chi connectivity index (χ2v) is 6.18. The molecule has 3 nitrogen and oxygen atoms in total. The van der Waals surface area contributed by atoms with Gasteiger partial charge in [-0.1, -0.05) is 78.9 Å². The van der Waals surface area contributed by atoms with E-state index in [4.69, 9.17) is 0 Å². The van der Waals surface area contributed by atoms with Gasteiger partial charge < -0.3 is 0 Å². The van der Waals surface area contributed by atoms with Crippen LogP contribution in [0.4, 0.5) is 5.69 Å². The highest BCUT2D eigenvalue weighted by molar-refractivity contribution is 6.26. The molecule has 0 radical (unpaired) electrons. The number of rotatable bonds is 3. The van der Waals surface area contributed by atoms with Crippen LogP contribution in [0.1, 0.15) is 17.5 Å². The van der Waals surface area contributed by atoms with Crippen LogP contribution in [0.2, 0.25) is 0 Å². The second-order valence-electron chi connectivity index (χ2n) is 6.18. The van der Waals surface area contributed by atoms with Gasteiger partial charge in [-0.25, -0.2) is 4.90 Å². The van der Waals surface area contributed by atoms with E-state index in [-0.39, 0.29) is 18.2 Å². The lowest BCUT2D eigenvalue weighted by molar-refractivity contribution is -0.122. The van der Waals surface area contributed by atoms with Crippen LogP contribution < -0.4 is 4.90 Å². The number of nitrogens with zero attached hydrogens (tertiary/aromatic N) is 1. The van der Waals surface area contributed by atoms with E-state index in [1.807, 2.05) is 78.9 Å². The Morgan fingerprint density at radius 1 is 0.640 bits per heavy atom. The Balaban J connectivity index is 1.92. The lowest BCUT2D eigenvalue weighted by Crippen LogP contribution is -2.39. The summed E-state index contributed by atoms with van der Waals surface area (Å²) in [6.07, 6.45) is 0.134. The summed E-state index contributed by atoms with van der Waals surface area (Å²) >= 11 is 0. The van der Waals surface area contributed by atoms with Gasteiger partial charge in [-0.3, -0.25) is 9.59 Å². The first-order chi connectivity index (χ1) is 12.2. The van der Waals surface area contributed by atoms with Crippen LogP contribution >= 0.6 is 0 Å². The van der Waals surface area contributed by atoms with Gasteiger partial charge in [0, 0.05) is 0 Å². The summed E-state index contributed by atoms with van der Waals surface area (Å²) in [6.45, 7) is 0. The van der Waals surface area contributed by atoms with Crippen molar-refractivity contribution in [2.75, 3.05) is 4.90 Å². The molecule has 4 rings (SSSR count). The summed E-state index contributed by atoms with van der Waals surface area (Å²) in [6, 6.07) is 28.3. The number of imide groups is 1. The first-order valence-electron chi connectivity index (χ1n) is 8.27. The molecule has 122 valence electrons. The third kappa shape index (κ3) is 2.36. The Hall–Kier alpha value is -3.20. The Morgan fingerprint density at radius 2 is 1.08 bits per heavy atom. The predicted molar refractivity (Wildman–Crippen MR) is 97.2 cm³/mol. The van der Waals surface area contributed by atoms with Crippen LogP contribution in [-0.4, -0.2) is 11.8 Å². The number of carbonyl (C=O) groups excluding carboxylic acids is 2. The third-order valence-electron chi connectivity index (χ3n) is 4.78. The number of para-hydroxylation sites is 1. The summed E-state index contributed by atoms with van der Waals surface area (Å²) in [5.41, 5.74) is 1.33. The summed E-state index contributed by atoms with van der Waals surface area (Å²) in [4.78, 5) is 27.7. The fraction of sp³-hybridized carbons (Fsp3) is 0.0909. The molecule has 0 aliphatic carbocycles. The molecule has 0 saturated carbocycles. The molecule has 3 heteroatoms. The number of benzene rings is 3. The average molecular weight is 327 g/mol. The van der Waals surface area contributed by atoms with E-state index in [1.165, 1.54) is 4.90 Å². The van der Waals surface area contributed by atoms with E-state index in [0.717, 1.165) is 11.1 Å². The quantitative estimate of drug-likeness (QED) is 0.683. The van der Waals surface area contributed by atoms with Crippen LogP contribution in [0.5, 0.6) is 0 Å². The lowest BCUT2D eigenvalue weighted by atomic mass is 9.73. The minimum absolute atomic E-state index is 0.134. The number of carbonyl (C=O) groups is 2. The molecule has 25 heavy (non-hydrogen) atoms. The number of hydrogen-bond donors (Lipinski definition) is 0. The van der Waals surface area contributed by atoms with Crippen molar-refractivity contribution in [2.24, 2.45) is 0 Å². The smallest absolute Gasteiger partial charge is 0.249 e. The molecule has 1 aliphatic heterocycles. The average Bonchev–Trinajstić information content (AvgIpc) is 2.95. The van der Waals surface area contributed by atoms with Gasteiger partial charge in [0.1, 0.15) is 5.41 Å². The highest BCUT2D eigenvalue weighted by atomic mass is 16.2. The van der Waals surface area contributed by atoms with Crippen molar-refractivity contribution in [3.8, 4) is 0 Å². The zero-order chi connectivity index (χ0) is 17.3. The molecule has 1 saturated heterocycles. The molecular weight excluding hydrogens is 310 g/mol. The molecule has 0 atom stereocenters. The van der Waals surface area contributed by atoms with Gasteiger partial charge in [-0.05, 0) is 23.3 Å². The Kier molecular flexibility index (Phi) is 3.69.